The minimum atomic E-state index is -3.45. The fourth-order valence-corrected chi connectivity index (χ4v) is 5.22. The van der Waals surface area contributed by atoms with Gasteiger partial charge in [-0.3, -0.25) is 9.78 Å². The quantitative estimate of drug-likeness (QED) is 0.662. The number of rotatable bonds is 4. The van der Waals surface area contributed by atoms with Crippen LogP contribution in [0.2, 0.25) is 0 Å². The fourth-order valence-electron chi connectivity index (χ4n) is 4.01. The van der Waals surface area contributed by atoms with Gasteiger partial charge < -0.3 is 10.3 Å². The van der Waals surface area contributed by atoms with E-state index < -0.39 is 16.1 Å². The molecule has 0 saturated carbocycles. The van der Waals surface area contributed by atoms with Gasteiger partial charge in [-0.05, 0) is 37.0 Å². The number of H-pyrrole nitrogens is 1. The summed E-state index contributed by atoms with van der Waals surface area (Å²) in [5, 5.41) is 11.8. The maximum absolute atomic E-state index is 12.7. The number of hydrogen-bond donors (Lipinski definition) is 2. The van der Waals surface area contributed by atoms with E-state index >= 15 is 0 Å². The van der Waals surface area contributed by atoms with Crippen LogP contribution >= 0.6 is 0 Å². The van der Waals surface area contributed by atoms with Gasteiger partial charge in [0.1, 0.15) is 11.8 Å². The number of nitriles is 1. The van der Waals surface area contributed by atoms with E-state index in [1.165, 1.54) is 14.8 Å². The molecule has 0 aromatic carbocycles. The monoisotopic (exact) mass is 467 g/mol. The average Bonchev–Trinajstić information content (AvgIpc) is 3.28. The number of nitrogens with one attached hydrogen (secondary N) is 2. The van der Waals surface area contributed by atoms with Crippen molar-refractivity contribution in [2.24, 2.45) is 0 Å². The first kappa shape index (κ1) is 22.8. The summed E-state index contributed by atoms with van der Waals surface area (Å²) in [4.78, 5) is 24.2. The number of carbonyl (C=O) groups is 1. The molecule has 3 heterocycles. The highest BCUT2D eigenvalue weighted by Gasteiger charge is 2.35. The Balaban J connectivity index is 1.68. The van der Waals surface area contributed by atoms with E-state index in [4.69, 9.17) is 10.2 Å². The van der Waals surface area contributed by atoms with Crippen LogP contribution < -0.4 is 5.32 Å². The highest BCUT2D eigenvalue weighted by Crippen LogP contribution is 2.34. The summed E-state index contributed by atoms with van der Waals surface area (Å²) in [5.74, 6) is -0.556. The topological polar surface area (TPSA) is 135 Å². The molecule has 0 radical (unpaired) electrons. The largest absolute Gasteiger partial charge is 0.326 e. The van der Waals surface area contributed by atoms with Crippen LogP contribution in [0.4, 0.5) is 5.69 Å². The van der Waals surface area contributed by atoms with Crippen LogP contribution in [-0.2, 0) is 10.2 Å². The molecule has 2 aromatic rings. The average molecular weight is 468 g/mol. The molecule has 0 unspecified atom stereocenters. The second kappa shape index (κ2) is 8.90. The van der Waals surface area contributed by atoms with Gasteiger partial charge in [-0.1, -0.05) is 18.2 Å². The molecule has 0 bridgehead atoms. The molecule has 11 heteroatoms. The zero-order valence-corrected chi connectivity index (χ0v) is 19.3. The molecule has 172 valence electrons. The van der Waals surface area contributed by atoms with Crippen molar-refractivity contribution in [1.82, 2.24) is 23.6 Å². The van der Waals surface area contributed by atoms with Crippen molar-refractivity contribution in [3.63, 3.8) is 0 Å². The maximum atomic E-state index is 12.7. The molecule has 1 amide bonds. The fraction of sp³-hybridized carbons (Fsp3) is 0.364. The lowest BCUT2D eigenvalue weighted by molar-refractivity contribution is 0.101. The van der Waals surface area contributed by atoms with Crippen molar-refractivity contribution < 1.29 is 13.2 Å². The van der Waals surface area contributed by atoms with Gasteiger partial charge in [-0.25, -0.2) is 4.98 Å². The number of likely N-dealkylation sites (N-methyl/N-ethyl adjacent to an activating group) is 2. The number of aromatic nitrogens is 3. The third kappa shape index (κ3) is 4.59. The molecule has 0 atom stereocenters. The molecular formula is C22H25N7O3S. The minimum absolute atomic E-state index is 0.0355. The van der Waals surface area contributed by atoms with Crippen molar-refractivity contribution in [2.45, 2.75) is 25.2 Å². The molecule has 2 aromatic heterocycles. The predicted molar refractivity (Wildman–Crippen MR) is 123 cm³/mol. The maximum Gasteiger partial charge on any atom is 0.291 e. The lowest BCUT2D eigenvalue weighted by atomic mass is 9.92. The Morgan fingerprint density at radius 3 is 2.61 bits per heavy atom. The van der Waals surface area contributed by atoms with Gasteiger partial charge >= 0.3 is 0 Å². The number of anilines is 1. The second-order valence-corrected chi connectivity index (χ2v) is 10.4. The van der Waals surface area contributed by atoms with E-state index in [-0.39, 0.29) is 17.4 Å². The number of amides is 1. The van der Waals surface area contributed by atoms with Crippen molar-refractivity contribution in [3.8, 4) is 6.07 Å². The van der Waals surface area contributed by atoms with Gasteiger partial charge in [0.25, 0.3) is 16.1 Å². The van der Waals surface area contributed by atoms with Crippen molar-refractivity contribution in [2.75, 3.05) is 32.5 Å². The Morgan fingerprint density at radius 1 is 1.27 bits per heavy atom. The first-order chi connectivity index (χ1) is 15.7. The Hall–Kier alpha value is -3.33. The van der Waals surface area contributed by atoms with Crippen LogP contribution in [0.25, 0.3) is 5.57 Å². The SMILES string of the molecule is C=C1CC=C(c2nc(C3CN(C)S(=O)(=O)N(C)C3)ccc2NC(=O)c2ncc(C#N)[nH]2)CC1. The number of aromatic amines is 1. The molecule has 1 aliphatic heterocycles. The van der Waals surface area contributed by atoms with Crippen molar-refractivity contribution in [1.29, 1.82) is 5.26 Å². The van der Waals surface area contributed by atoms with Crippen molar-refractivity contribution >= 4 is 27.4 Å². The van der Waals surface area contributed by atoms with Crippen LogP contribution in [0.3, 0.4) is 0 Å². The number of hydrogen-bond acceptors (Lipinski definition) is 6. The number of nitrogens with zero attached hydrogens (tertiary/aromatic N) is 5. The van der Waals surface area contributed by atoms with E-state index in [1.54, 1.807) is 20.2 Å². The second-order valence-electron chi connectivity index (χ2n) is 8.29. The molecule has 4 rings (SSSR count). The van der Waals surface area contributed by atoms with E-state index in [1.807, 2.05) is 12.1 Å². The number of allylic oxidation sites excluding steroid dienone is 3. The molecule has 1 fully saturated rings. The van der Waals surface area contributed by atoms with Gasteiger partial charge in [-0.15, -0.1) is 0 Å². The molecule has 10 nitrogen and oxygen atoms in total. The van der Waals surface area contributed by atoms with Crippen LogP contribution in [0.1, 0.15) is 52.9 Å². The molecule has 1 saturated heterocycles. The Morgan fingerprint density at radius 2 is 2.00 bits per heavy atom. The highest BCUT2D eigenvalue weighted by molar-refractivity contribution is 7.86. The van der Waals surface area contributed by atoms with Gasteiger partial charge in [0.05, 0.1) is 17.6 Å². The van der Waals surface area contributed by atoms with E-state index in [0.717, 1.165) is 36.1 Å². The molecular weight excluding hydrogens is 442 g/mol. The van der Waals surface area contributed by atoms with Gasteiger partial charge in [0.15, 0.2) is 5.82 Å². The molecule has 2 aliphatic rings. The third-order valence-corrected chi connectivity index (χ3v) is 7.80. The lowest BCUT2D eigenvalue weighted by Gasteiger charge is -2.35. The normalized spacial score (nSPS) is 19.7. The summed E-state index contributed by atoms with van der Waals surface area (Å²) in [5.41, 5.74) is 4.28. The van der Waals surface area contributed by atoms with Crippen LogP contribution in [-0.4, -0.2) is 65.1 Å². The van der Waals surface area contributed by atoms with Crippen molar-refractivity contribution in [3.05, 3.63) is 59.5 Å². The zero-order chi connectivity index (χ0) is 23.8. The van der Waals surface area contributed by atoms with Crippen LogP contribution in [0.5, 0.6) is 0 Å². The zero-order valence-electron chi connectivity index (χ0n) is 18.5. The van der Waals surface area contributed by atoms with E-state index in [2.05, 4.69) is 27.9 Å². The Bertz CT molecular complexity index is 1270. The first-order valence-electron chi connectivity index (χ1n) is 10.5. The smallest absolute Gasteiger partial charge is 0.291 e. The first-order valence-corrected chi connectivity index (χ1v) is 11.9. The van der Waals surface area contributed by atoms with E-state index in [9.17, 15) is 13.2 Å². The number of pyridine rings is 1. The lowest BCUT2D eigenvalue weighted by Crippen LogP contribution is -2.49. The highest BCUT2D eigenvalue weighted by atomic mass is 32.2. The summed E-state index contributed by atoms with van der Waals surface area (Å²) in [6, 6.07) is 5.51. The third-order valence-electron chi connectivity index (χ3n) is 5.93. The van der Waals surface area contributed by atoms with Crippen LogP contribution in [0, 0.1) is 11.3 Å². The van der Waals surface area contributed by atoms with Crippen LogP contribution in [0.15, 0.2) is 36.6 Å². The molecule has 33 heavy (non-hydrogen) atoms. The predicted octanol–water partition coefficient (Wildman–Crippen LogP) is 2.26. The summed E-state index contributed by atoms with van der Waals surface area (Å²) >= 11 is 0. The number of carbonyl (C=O) groups excluding carboxylic acids is 1. The summed E-state index contributed by atoms with van der Waals surface area (Å²) in [6.45, 7) is 4.69. The Kier molecular flexibility index (Phi) is 6.16. The van der Waals surface area contributed by atoms with Gasteiger partial charge in [0.2, 0.25) is 0 Å². The molecule has 2 N–H and O–H groups in total. The molecule has 0 spiro atoms. The Labute approximate surface area is 192 Å². The standard InChI is InChI=1S/C22H25N7O3S/c1-14-4-6-15(7-5-14)20-19(27-22(30)21-24-11-17(10-23)25-21)9-8-18(26-20)16-12-28(2)33(31,32)29(3)13-16/h6,8-9,11,16H,1,4-5,7,12-13H2,2-3H3,(H,24,25)(H,27,30). The minimum Gasteiger partial charge on any atom is -0.326 e. The molecule has 1 aliphatic carbocycles. The summed E-state index contributed by atoms with van der Waals surface area (Å²) in [6.07, 6.45) is 5.69. The summed E-state index contributed by atoms with van der Waals surface area (Å²) < 4.78 is 27.3. The van der Waals surface area contributed by atoms with Gasteiger partial charge in [0, 0.05) is 38.8 Å². The van der Waals surface area contributed by atoms with E-state index in [0.29, 0.717) is 24.5 Å². The summed E-state index contributed by atoms with van der Waals surface area (Å²) in [7, 11) is -0.331. The number of imidazole rings is 1. The van der Waals surface area contributed by atoms with Gasteiger partial charge in [-0.2, -0.15) is 22.3 Å².